The van der Waals surface area contributed by atoms with E-state index >= 15 is 0 Å². The number of para-hydroxylation sites is 1. The van der Waals surface area contributed by atoms with Gasteiger partial charge in [-0.1, -0.05) is 11.2 Å². The SMILES string of the molecule is CC(C)(C)OC(=O)N1CCC(Cc2noc(-c3cccc4[nH]c(=O)[nH]c34)n2)CC1. The molecule has 9 heteroatoms. The van der Waals surface area contributed by atoms with Gasteiger partial charge in [0, 0.05) is 19.5 Å². The molecular formula is C20H25N5O4. The summed E-state index contributed by atoms with van der Waals surface area (Å²) in [4.78, 5) is 35.5. The third kappa shape index (κ3) is 4.33. The van der Waals surface area contributed by atoms with E-state index < -0.39 is 5.60 Å². The first-order chi connectivity index (χ1) is 13.8. The number of hydrogen-bond acceptors (Lipinski definition) is 6. The Morgan fingerprint density at radius 3 is 2.76 bits per heavy atom. The van der Waals surface area contributed by atoms with Gasteiger partial charge in [-0.25, -0.2) is 9.59 Å². The van der Waals surface area contributed by atoms with E-state index in [1.807, 2.05) is 39.0 Å². The number of aromatic amines is 2. The highest BCUT2D eigenvalue weighted by Crippen LogP contribution is 2.26. The van der Waals surface area contributed by atoms with E-state index in [0.29, 0.717) is 53.7 Å². The number of carbonyl (C=O) groups excluding carboxylic acids is 1. The lowest BCUT2D eigenvalue weighted by atomic mass is 9.93. The van der Waals surface area contributed by atoms with E-state index in [4.69, 9.17) is 9.26 Å². The number of hydrogen-bond donors (Lipinski definition) is 2. The van der Waals surface area contributed by atoms with Crippen molar-refractivity contribution in [2.75, 3.05) is 13.1 Å². The number of likely N-dealkylation sites (tertiary alicyclic amines) is 1. The molecule has 0 saturated carbocycles. The molecule has 0 aliphatic carbocycles. The average Bonchev–Trinajstić information content (AvgIpc) is 3.26. The molecule has 1 amide bonds. The van der Waals surface area contributed by atoms with Crippen molar-refractivity contribution in [1.29, 1.82) is 0 Å². The lowest BCUT2D eigenvalue weighted by Crippen LogP contribution is -2.42. The monoisotopic (exact) mass is 399 g/mol. The van der Waals surface area contributed by atoms with Crippen molar-refractivity contribution in [1.82, 2.24) is 25.0 Å². The zero-order valence-corrected chi connectivity index (χ0v) is 16.8. The fourth-order valence-electron chi connectivity index (χ4n) is 3.59. The van der Waals surface area contributed by atoms with E-state index in [1.165, 1.54) is 0 Å². The Balaban J connectivity index is 1.39. The van der Waals surface area contributed by atoms with Gasteiger partial charge in [0.2, 0.25) is 0 Å². The lowest BCUT2D eigenvalue weighted by molar-refractivity contribution is 0.0183. The van der Waals surface area contributed by atoms with Gasteiger partial charge in [-0.15, -0.1) is 0 Å². The molecule has 0 unspecified atom stereocenters. The fraction of sp³-hybridized carbons (Fsp3) is 0.500. The van der Waals surface area contributed by atoms with Crippen LogP contribution in [-0.2, 0) is 11.2 Å². The second-order valence-corrected chi connectivity index (χ2v) is 8.44. The maximum absolute atomic E-state index is 12.2. The highest BCUT2D eigenvalue weighted by Gasteiger charge is 2.27. The minimum absolute atomic E-state index is 0.258. The van der Waals surface area contributed by atoms with Crippen molar-refractivity contribution in [2.45, 2.75) is 45.6 Å². The van der Waals surface area contributed by atoms with Crippen LogP contribution in [0.2, 0.25) is 0 Å². The van der Waals surface area contributed by atoms with Gasteiger partial charge in [-0.05, 0) is 51.7 Å². The number of benzene rings is 1. The molecule has 29 heavy (non-hydrogen) atoms. The van der Waals surface area contributed by atoms with Crippen LogP contribution in [0.5, 0.6) is 0 Å². The van der Waals surface area contributed by atoms with Crippen molar-refractivity contribution in [3.05, 3.63) is 34.5 Å². The Kier molecular flexibility index (Phi) is 4.89. The van der Waals surface area contributed by atoms with Crippen LogP contribution in [0, 0.1) is 5.92 Å². The molecule has 2 N–H and O–H groups in total. The zero-order valence-electron chi connectivity index (χ0n) is 16.8. The summed E-state index contributed by atoms with van der Waals surface area (Å²) in [6.45, 7) is 6.93. The molecule has 3 aromatic rings. The number of ether oxygens (including phenoxy) is 1. The Hall–Kier alpha value is -3.10. The quantitative estimate of drug-likeness (QED) is 0.699. The maximum atomic E-state index is 12.2. The number of nitrogens with one attached hydrogen (secondary N) is 2. The summed E-state index contributed by atoms with van der Waals surface area (Å²) in [7, 11) is 0. The molecule has 3 heterocycles. The van der Waals surface area contributed by atoms with Gasteiger partial charge < -0.3 is 24.1 Å². The first-order valence-electron chi connectivity index (χ1n) is 9.80. The molecule has 0 atom stereocenters. The Labute approximate surface area is 167 Å². The van der Waals surface area contributed by atoms with Crippen molar-refractivity contribution in [3.8, 4) is 11.5 Å². The van der Waals surface area contributed by atoms with Crippen LogP contribution in [0.4, 0.5) is 4.79 Å². The van der Waals surface area contributed by atoms with Crippen LogP contribution >= 0.6 is 0 Å². The first-order valence-corrected chi connectivity index (χ1v) is 9.80. The number of H-pyrrole nitrogens is 2. The molecule has 0 spiro atoms. The topological polar surface area (TPSA) is 117 Å². The molecule has 0 bridgehead atoms. The van der Waals surface area contributed by atoms with Gasteiger partial charge >= 0.3 is 11.8 Å². The van der Waals surface area contributed by atoms with Crippen LogP contribution in [0.3, 0.4) is 0 Å². The van der Waals surface area contributed by atoms with Crippen molar-refractivity contribution < 1.29 is 14.1 Å². The Morgan fingerprint density at radius 2 is 2.03 bits per heavy atom. The lowest BCUT2D eigenvalue weighted by Gasteiger charge is -2.33. The summed E-state index contributed by atoms with van der Waals surface area (Å²) in [6, 6.07) is 5.48. The summed E-state index contributed by atoms with van der Waals surface area (Å²) < 4.78 is 10.9. The third-order valence-corrected chi connectivity index (χ3v) is 4.99. The molecule has 1 aliphatic rings. The number of amides is 1. The summed E-state index contributed by atoms with van der Waals surface area (Å²) in [6.07, 6.45) is 2.16. The zero-order chi connectivity index (χ0) is 20.6. The standard InChI is InChI=1S/C20H25N5O4/c1-20(2,3)28-19(27)25-9-7-12(8-10-25)11-15-22-17(29-24-15)13-5-4-6-14-16(13)23-18(26)21-14/h4-6,12H,7-11H2,1-3H3,(H2,21,23,26). The second-order valence-electron chi connectivity index (χ2n) is 8.44. The Morgan fingerprint density at radius 1 is 1.28 bits per heavy atom. The fourth-order valence-corrected chi connectivity index (χ4v) is 3.59. The second kappa shape index (κ2) is 7.38. The number of fused-ring (bicyclic) bond motifs is 1. The van der Waals surface area contributed by atoms with Gasteiger partial charge in [-0.2, -0.15) is 4.98 Å². The molecule has 9 nitrogen and oxygen atoms in total. The highest BCUT2D eigenvalue weighted by atomic mass is 16.6. The summed E-state index contributed by atoms with van der Waals surface area (Å²) in [5, 5.41) is 4.11. The number of rotatable bonds is 3. The predicted octanol–water partition coefficient (Wildman–Crippen LogP) is 3.10. The molecule has 154 valence electrons. The number of carbonyl (C=O) groups is 1. The summed E-state index contributed by atoms with van der Waals surface area (Å²) >= 11 is 0. The summed E-state index contributed by atoms with van der Waals surface area (Å²) in [5.41, 5.74) is 1.28. The number of imidazole rings is 1. The van der Waals surface area contributed by atoms with E-state index in [-0.39, 0.29) is 11.8 Å². The number of piperidine rings is 1. The molecule has 1 fully saturated rings. The largest absolute Gasteiger partial charge is 0.444 e. The number of aromatic nitrogens is 4. The smallest absolute Gasteiger partial charge is 0.410 e. The molecule has 1 saturated heterocycles. The van der Waals surface area contributed by atoms with E-state index in [0.717, 1.165) is 12.8 Å². The highest BCUT2D eigenvalue weighted by molar-refractivity contribution is 5.89. The minimum Gasteiger partial charge on any atom is -0.444 e. The van der Waals surface area contributed by atoms with Crippen LogP contribution in [0.25, 0.3) is 22.5 Å². The first kappa shape index (κ1) is 19.2. The maximum Gasteiger partial charge on any atom is 0.410 e. The van der Waals surface area contributed by atoms with Gasteiger partial charge in [0.15, 0.2) is 5.82 Å². The van der Waals surface area contributed by atoms with Crippen LogP contribution in [0.15, 0.2) is 27.5 Å². The van der Waals surface area contributed by atoms with Crippen molar-refractivity contribution in [2.24, 2.45) is 5.92 Å². The van der Waals surface area contributed by atoms with Crippen molar-refractivity contribution >= 4 is 17.1 Å². The van der Waals surface area contributed by atoms with Crippen LogP contribution in [-0.4, -0.2) is 49.8 Å². The predicted molar refractivity (Wildman–Crippen MR) is 106 cm³/mol. The van der Waals surface area contributed by atoms with Crippen LogP contribution in [0.1, 0.15) is 39.4 Å². The molecular weight excluding hydrogens is 374 g/mol. The molecule has 2 aromatic heterocycles. The van der Waals surface area contributed by atoms with Gasteiger partial charge in [0.1, 0.15) is 5.60 Å². The van der Waals surface area contributed by atoms with Crippen LogP contribution < -0.4 is 5.69 Å². The summed E-state index contributed by atoms with van der Waals surface area (Å²) in [5.74, 6) is 1.39. The molecule has 1 aliphatic heterocycles. The third-order valence-electron chi connectivity index (χ3n) is 4.99. The molecule has 1 aromatic carbocycles. The molecule has 4 rings (SSSR count). The Bertz CT molecular complexity index is 1070. The average molecular weight is 399 g/mol. The van der Waals surface area contributed by atoms with Crippen molar-refractivity contribution in [3.63, 3.8) is 0 Å². The van der Waals surface area contributed by atoms with E-state index in [9.17, 15) is 9.59 Å². The number of nitrogens with zero attached hydrogens (tertiary/aromatic N) is 3. The van der Waals surface area contributed by atoms with E-state index in [1.54, 1.807) is 4.90 Å². The van der Waals surface area contributed by atoms with Gasteiger partial charge in [-0.3, -0.25) is 0 Å². The molecule has 0 radical (unpaired) electrons. The normalized spacial score (nSPS) is 15.8. The van der Waals surface area contributed by atoms with Gasteiger partial charge in [0.25, 0.3) is 5.89 Å². The van der Waals surface area contributed by atoms with E-state index in [2.05, 4.69) is 20.1 Å². The van der Waals surface area contributed by atoms with Gasteiger partial charge in [0.05, 0.1) is 16.6 Å². The minimum atomic E-state index is -0.485.